The van der Waals surface area contributed by atoms with Gasteiger partial charge in [-0.25, -0.2) is 4.79 Å². The second kappa shape index (κ2) is 8.84. The van der Waals surface area contributed by atoms with E-state index < -0.39 is 6.09 Å². The highest BCUT2D eigenvalue weighted by atomic mass is 16.6. The van der Waals surface area contributed by atoms with Crippen LogP contribution >= 0.6 is 0 Å². The second-order valence-corrected chi connectivity index (χ2v) is 4.79. The Morgan fingerprint density at radius 3 is 2.48 bits per heavy atom. The predicted octanol–water partition coefficient (Wildman–Crippen LogP) is 1.77. The van der Waals surface area contributed by atoms with E-state index in [1.54, 1.807) is 14.1 Å². The van der Waals surface area contributed by atoms with Gasteiger partial charge in [-0.15, -0.1) is 0 Å². The minimum atomic E-state index is -0.398. The quantitative estimate of drug-likeness (QED) is 0.742. The fourth-order valence-corrected chi connectivity index (χ4v) is 1.63. The lowest BCUT2D eigenvalue weighted by atomic mass is 10.2. The summed E-state index contributed by atoms with van der Waals surface area (Å²) < 4.78 is 5.22. The number of anilines is 1. The summed E-state index contributed by atoms with van der Waals surface area (Å²) in [6, 6.07) is 7.75. The third kappa shape index (κ3) is 6.16. The number of likely N-dealkylation sites (N-methyl/N-ethyl adjacent to an activating group) is 2. The molecule has 6 nitrogen and oxygen atoms in total. The number of hydrogen-bond acceptors (Lipinski definition) is 4. The number of benzene rings is 1. The first-order valence-electron chi connectivity index (χ1n) is 6.93. The van der Waals surface area contributed by atoms with Crippen LogP contribution in [0.25, 0.3) is 0 Å². The van der Waals surface area contributed by atoms with Crippen molar-refractivity contribution in [3.05, 3.63) is 29.8 Å². The third-order valence-electron chi connectivity index (χ3n) is 2.98. The first-order chi connectivity index (χ1) is 10.1. The maximum absolute atomic E-state index is 11.8. The summed E-state index contributed by atoms with van der Waals surface area (Å²) in [5.41, 5.74) is 1.98. The number of nitrogens with one attached hydrogen (secondary N) is 1. The number of carbonyl (C=O) groups is 2. The molecule has 0 bridgehead atoms. The molecule has 0 aliphatic carbocycles. The van der Waals surface area contributed by atoms with Crippen LogP contribution in [0.15, 0.2) is 24.3 Å². The predicted molar refractivity (Wildman–Crippen MR) is 82.1 cm³/mol. The zero-order valence-electron chi connectivity index (χ0n) is 12.8. The summed E-state index contributed by atoms with van der Waals surface area (Å²) >= 11 is 0. The lowest BCUT2D eigenvalue weighted by Crippen LogP contribution is -2.34. The van der Waals surface area contributed by atoms with Crippen LogP contribution < -0.4 is 5.32 Å². The summed E-state index contributed by atoms with van der Waals surface area (Å²) in [6.45, 7) is 4.06. The molecule has 1 aromatic rings. The van der Waals surface area contributed by atoms with Crippen molar-refractivity contribution in [3.63, 3.8) is 0 Å². The van der Waals surface area contributed by atoms with E-state index in [2.05, 4.69) is 5.32 Å². The summed E-state index contributed by atoms with van der Waals surface area (Å²) in [6.07, 6.45) is 0.329. The SMILES string of the molecule is CCNc1ccc(COC(=O)N(C)CCN(C)C=O)cc1. The number of amides is 2. The van der Waals surface area contributed by atoms with Gasteiger partial charge in [-0.2, -0.15) is 0 Å². The average Bonchev–Trinajstić information content (AvgIpc) is 2.51. The first-order valence-corrected chi connectivity index (χ1v) is 6.93. The molecule has 6 heteroatoms. The molecular weight excluding hydrogens is 270 g/mol. The zero-order valence-corrected chi connectivity index (χ0v) is 12.8. The first kappa shape index (κ1) is 16.8. The Hall–Kier alpha value is -2.24. The van der Waals surface area contributed by atoms with Crippen molar-refractivity contribution in [3.8, 4) is 0 Å². The minimum absolute atomic E-state index is 0.235. The molecule has 0 spiro atoms. The molecule has 2 amide bonds. The Labute approximate surface area is 125 Å². The van der Waals surface area contributed by atoms with Gasteiger partial charge in [-0.05, 0) is 24.6 Å². The molecule has 0 atom stereocenters. The normalized spacial score (nSPS) is 9.86. The van der Waals surface area contributed by atoms with Crippen molar-refractivity contribution in [1.82, 2.24) is 9.80 Å². The Morgan fingerprint density at radius 1 is 1.24 bits per heavy atom. The van der Waals surface area contributed by atoms with E-state index in [0.717, 1.165) is 24.2 Å². The topological polar surface area (TPSA) is 61.9 Å². The second-order valence-electron chi connectivity index (χ2n) is 4.79. The smallest absolute Gasteiger partial charge is 0.409 e. The number of ether oxygens (including phenoxy) is 1. The van der Waals surface area contributed by atoms with Crippen LogP contribution in [-0.4, -0.2) is 56.0 Å². The molecule has 116 valence electrons. The van der Waals surface area contributed by atoms with Crippen LogP contribution in [0.5, 0.6) is 0 Å². The van der Waals surface area contributed by atoms with Gasteiger partial charge >= 0.3 is 6.09 Å². The molecular formula is C15H23N3O3. The number of rotatable bonds is 8. The summed E-state index contributed by atoms with van der Waals surface area (Å²) in [5, 5.41) is 3.20. The number of nitrogens with zero attached hydrogens (tertiary/aromatic N) is 2. The van der Waals surface area contributed by atoms with Gasteiger partial charge < -0.3 is 19.9 Å². The van der Waals surface area contributed by atoms with Crippen LogP contribution in [0, 0.1) is 0 Å². The highest BCUT2D eigenvalue weighted by molar-refractivity contribution is 5.67. The monoisotopic (exact) mass is 293 g/mol. The molecule has 0 saturated carbocycles. The van der Waals surface area contributed by atoms with Gasteiger partial charge in [-0.1, -0.05) is 12.1 Å². The Kier molecular flexibility index (Phi) is 7.08. The summed E-state index contributed by atoms with van der Waals surface area (Å²) in [7, 11) is 3.31. The van der Waals surface area contributed by atoms with Crippen molar-refractivity contribution >= 4 is 18.2 Å². The van der Waals surface area contributed by atoms with Crippen LogP contribution in [0.2, 0.25) is 0 Å². The van der Waals surface area contributed by atoms with Gasteiger partial charge in [0, 0.05) is 39.4 Å². The standard InChI is InChI=1S/C15H23N3O3/c1-4-16-14-7-5-13(6-8-14)11-21-15(20)18(3)10-9-17(2)12-19/h5-8,12,16H,4,9-11H2,1-3H3. The van der Waals surface area contributed by atoms with E-state index in [-0.39, 0.29) is 6.61 Å². The van der Waals surface area contributed by atoms with Crippen molar-refractivity contribution in [2.45, 2.75) is 13.5 Å². The minimum Gasteiger partial charge on any atom is -0.445 e. The van der Waals surface area contributed by atoms with Gasteiger partial charge in [0.15, 0.2) is 0 Å². The summed E-state index contributed by atoms with van der Waals surface area (Å²) in [5.74, 6) is 0. The lowest BCUT2D eigenvalue weighted by Gasteiger charge is -2.19. The maximum Gasteiger partial charge on any atom is 0.409 e. The number of hydrogen-bond donors (Lipinski definition) is 1. The van der Waals surface area contributed by atoms with E-state index in [9.17, 15) is 9.59 Å². The van der Waals surface area contributed by atoms with Crippen molar-refractivity contribution in [2.24, 2.45) is 0 Å². The summed E-state index contributed by atoms with van der Waals surface area (Å²) in [4.78, 5) is 25.2. The van der Waals surface area contributed by atoms with E-state index >= 15 is 0 Å². The highest BCUT2D eigenvalue weighted by Crippen LogP contribution is 2.10. The van der Waals surface area contributed by atoms with Crippen molar-refractivity contribution in [2.75, 3.05) is 39.0 Å². The Morgan fingerprint density at radius 2 is 1.90 bits per heavy atom. The van der Waals surface area contributed by atoms with E-state index in [0.29, 0.717) is 13.1 Å². The van der Waals surface area contributed by atoms with E-state index in [1.165, 1.54) is 9.80 Å². The molecule has 0 aliphatic heterocycles. The van der Waals surface area contributed by atoms with Gasteiger partial charge in [0.2, 0.25) is 6.41 Å². The van der Waals surface area contributed by atoms with Gasteiger partial charge in [-0.3, -0.25) is 4.79 Å². The van der Waals surface area contributed by atoms with Crippen LogP contribution in [-0.2, 0) is 16.1 Å². The molecule has 0 saturated heterocycles. The zero-order chi connectivity index (χ0) is 15.7. The van der Waals surface area contributed by atoms with E-state index in [1.807, 2.05) is 31.2 Å². The van der Waals surface area contributed by atoms with E-state index in [4.69, 9.17) is 4.74 Å². The Balaban J connectivity index is 2.36. The molecule has 0 unspecified atom stereocenters. The molecule has 0 radical (unpaired) electrons. The molecule has 21 heavy (non-hydrogen) atoms. The van der Waals surface area contributed by atoms with Gasteiger partial charge in [0.25, 0.3) is 0 Å². The molecule has 0 aromatic heterocycles. The molecule has 0 fully saturated rings. The van der Waals surface area contributed by atoms with Crippen LogP contribution in [0.3, 0.4) is 0 Å². The number of carbonyl (C=O) groups excluding carboxylic acids is 2. The van der Waals surface area contributed by atoms with Gasteiger partial charge in [0.05, 0.1) is 0 Å². The molecule has 0 heterocycles. The largest absolute Gasteiger partial charge is 0.445 e. The third-order valence-corrected chi connectivity index (χ3v) is 2.98. The maximum atomic E-state index is 11.8. The van der Waals surface area contributed by atoms with Crippen molar-refractivity contribution < 1.29 is 14.3 Å². The molecule has 1 N–H and O–H groups in total. The van der Waals surface area contributed by atoms with Crippen LogP contribution in [0.1, 0.15) is 12.5 Å². The molecule has 1 rings (SSSR count). The van der Waals surface area contributed by atoms with Crippen molar-refractivity contribution in [1.29, 1.82) is 0 Å². The molecule has 1 aromatic carbocycles. The average molecular weight is 293 g/mol. The van der Waals surface area contributed by atoms with Gasteiger partial charge in [0.1, 0.15) is 6.61 Å². The Bertz CT molecular complexity index is 448. The van der Waals surface area contributed by atoms with Crippen LogP contribution in [0.4, 0.5) is 10.5 Å². The fraction of sp³-hybridized carbons (Fsp3) is 0.467. The lowest BCUT2D eigenvalue weighted by molar-refractivity contribution is -0.117. The highest BCUT2D eigenvalue weighted by Gasteiger charge is 2.10. The molecule has 0 aliphatic rings. The fourth-order valence-electron chi connectivity index (χ4n) is 1.63.